The fourth-order valence-corrected chi connectivity index (χ4v) is 2.77. The average molecular weight is 347 g/mol. The van der Waals surface area contributed by atoms with Crippen LogP contribution in [-0.2, 0) is 17.8 Å². The van der Waals surface area contributed by atoms with E-state index < -0.39 is 0 Å². The van der Waals surface area contributed by atoms with Crippen LogP contribution in [0.5, 0.6) is 0 Å². The van der Waals surface area contributed by atoms with Crippen LogP contribution in [0.4, 0.5) is 0 Å². The van der Waals surface area contributed by atoms with Crippen molar-refractivity contribution < 1.29 is 4.79 Å². The molecule has 0 aliphatic carbocycles. The Hall–Kier alpha value is -2.41. The maximum Gasteiger partial charge on any atom is 0.227 e. The van der Waals surface area contributed by atoms with Crippen molar-refractivity contribution in [3.63, 3.8) is 0 Å². The van der Waals surface area contributed by atoms with Crippen molar-refractivity contribution in [2.75, 3.05) is 13.6 Å². The molecule has 24 heavy (non-hydrogen) atoms. The van der Waals surface area contributed by atoms with Gasteiger partial charge in [-0.3, -0.25) is 9.48 Å². The Morgan fingerprint density at radius 1 is 1.46 bits per heavy atom. The number of imidazole rings is 1. The van der Waals surface area contributed by atoms with Crippen molar-refractivity contribution in [1.82, 2.24) is 29.6 Å². The molecule has 7 nitrogen and oxygen atoms in total. The number of carbonyl (C=O) groups is 1. The molecule has 0 aliphatic heterocycles. The van der Waals surface area contributed by atoms with E-state index in [-0.39, 0.29) is 11.8 Å². The van der Waals surface area contributed by atoms with E-state index in [4.69, 9.17) is 11.6 Å². The third-order valence-corrected chi connectivity index (χ3v) is 4.14. The van der Waals surface area contributed by atoms with Crippen molar-refractivity contribution >= 4 is 28.5 Å². The molecule has 1 amide bonds. The van der Waals surface area contributed by atoms with E-state index in [1.807, 2.05) is 25.1 Å². The summed E-state index contributed by atoms with van der Waals surface area (Å²) in [5.74, 6) is 0.756. The number of likely N-dealkylation sites (N-methyl/N-ethyl adjacent to an activating group) is 1. The van der Waals surface area contributed by atoms with Gasteiger partial charge >= 0.3 is 0 Å². The van der Waals surface area contributed by atoms with Gasteiger partial charge in [-0.15, -0.1) is 0 Å². The van der Waals surface area contributed by atoms with Gasteiger partial charge in [0.25, 0.3) is 0 Å². The van der Waals surface area contributed by atoms with Gasteiger partial charge < -0.3 is 9.88 Å². The predicted molar refractivity (Wildman–Crippen MR) is 91.6 cm³/mol. The highest BCUT2D eigenvalue weighted by molar-refractivity contribution is 6.31. The number of rotatable bonds is 6. The number of H-pyrrole nitrogens is 1. The SMILES string of the molecule is CC(Cn1cncn1)C(=O)N(C)CCc1nc2ccc(Cl)cc2[nH]1. The summed E-state index contributed by atoms with van der Waals surface area (Å²) in [5, 5.41) is 4.71. The molecule has 0 fully saturated rings. The first-order valence-electron chi connectivity index (χ1n) is 7.74. The molecule has 1 N–H and O–H groups in total. The number of halogens is 1. The fraction of sp³-hybridized carbons (Fsp3) is 0.375. The minimum Gasteiger partial charge on any atom is -0.345 e. The second-order valence-electron chi connectivity index (χ2n) is 5.87. The van der Waals surface area contributed by atoms with Crippen LogP contribution >= 0.6 is 11.6 Å². The van der Waals surface area contributed by atoms with Gasteiger partial charge in [0.05, 0.1) is 23.5 Å². The van der Waals surface area contributed by atoms with Crippen LogP contribution in [-0.4, -0.2) is 49.1 Å². The lowest BCUT2D eigenvalue weighted by atomic mass is 10.1. The Bertz CT molecular complexity index is 828. The topological polar surface area (TPSA) is 79.7 Å². The Labute approximate surface area is 144 Å². The molecule has 0 radical (unpaired) electrons. The first kappa shape index (κ1) is 16.4. The first-order valence-corrected chi connectivity index (χ1v) is 8.12. The summed E-state index contributed by atoms with van der Waals surface area (Å²) in [7, 11) is 1.81. The molecule has 2 aromatic heterocycles. The summed E-state index contributed by atoms with van der Waals surface area (Å²) in [5.41, 5.74) is 1.79. The lowest BCUT2D eigenvalue weighted by Gasteiger charge is -2.20. The van der Waals surface area contributed by atoms with Crippen molar-refractivity contribution in [2.24, 2.45) is 5.92 Å². The summed E-state index contributed by atoms with van der Waals surface area (Å²) in [6, 6.07) is 5.55. The van der Waals surface area contributed by atoms with Crippen molar-refractivity contribution in [3.8, 4) is 0 Å². The van der Waals surface area contributed by atoms with E-state index in [2.05, 4.69) is 20.1 Å². The summed E-state index contributed by atoms with van der Waals surface area (Å²) >= 11 is 5.98. The second kappa shape index (κ2) is 7.00. The highest BCUT2D eigenvalue weighted by Gasteiger charge is 2.18. The largest absolute Gasteiger partial charge is 0.345 e. The number of aromatic nitrogens is 5. The molecule has 3 aromatic rings. The lowest BCUT2D eigenvalue weighted by Crippen LogP contribution is -2.35. The Balaban J connectivity index is 1.57. The van der Waals surface area contributed by atoms with Gasteiger partial charge in [0.2, 0.25) is 5.91 Å². The van der Waals surface area contributed by atoms with E-state index in [0.717, 1.165) is 16.9 Å². The van der Waals surface area contributed by atoms with Crippen LogP contribution in [0.15, 0.2) is 30.9 Å². The molecule has 1 atom stereocenters. The van der Waals surface area contributed by atoms with Crippen LogP contribution in [0.3, 0.4) is 0 Å². The number of carbonyl (C=O) groups excluding carboxylic acids is 1. The number of aromatic amines is 1. The van der Waals surface area contributed by atoms with E-state index in [0.29, 0.717) is 24.5 Å². The van der Waals surface area contributed by atoms with Crippen molar-refractivity contribution in [3.05, 3.63) is 41.7 Å². The normalized spacial score (nSPS) is 12.5. The molecule has 0 spiro atoms. The zero-order valence-corrected chi connectivity index (χ0v) is 14.4. The summed E-state index contributed by atoms with van der Waals surface area (Å²) in [6.07, 6.45) is 3.74. The Kier molecular flexibility index (Phi) is 4.80. The van der Waals surface area contributed by atoms with Crippen LogP contribution in [0.1, 0.15) is 12.7 Å². The first-order chi connectivity index (χ1) is 11.5. The number of fused-ring (bicyclic) bond motifs is 1. The maximum absolute atomic E-state index is 12.4. The van der Waals surface area contributed by atoms with E-state index in [9.17, 15) is 4.79 Å². The van der Waals surface area contributed by atoms with Crippen LogP contribution in [0.2, 0.25) is 5.02 Å². The molecule has 1 unspecified atom stereocenters. The third kappa shape index (κ3) is 3.73. The molecule has 0 saturated carbocycles. The van der Waals surface area contributed by atoms with Crippen molar-refractivity contribution in [1.29, 1.82) is 0 Å². The Morgan fingerprint density at radius 3 is 3.04 bits per heavy atom. The molecule has 0 bridgehead atoms. The number of hydrogen-bond donors (Lipinski definition) is 1. The Morgan fingerprint density at radius 2 is 2.29 bits per heavy atom. The highest BCUT2D eigenvalue weighted by Crippen LogP contribution is 2.17. The standard InChI is InChI=1S/C16H19ClN6O/c1-11(8-23-10-18-9-19-23)16(24)22(2)6-5-15-20-13-4-3-12(17)7-14(13)21-15/h3-4,7,9-11H,5-6,8H2,1-2H3,(H,20,21). The molecule has 0 saturated heterocycles. The van der Waals surface area contributed by atoms with Crippen LogP contribution in [0, 0.1) is 5.92 Å². The number of nitrogens with zero attached hydrogens (tertiary/aromatic N) is 5. The van der Waals surface area contributed by atoms with E-state index >= 15 is 0 Å². The molecule has 8 heteroatoms. The predicted octanol–water partition coefficient (Wildman–Crippen LogP) is 2.14. The third-order valence-electron chi connectivity index (χ3n) is 3.90. The minimum absolute atomic E-state index is 0.0738. The maximum atomic E-state index is 12.4. The van der Waals surface area contributed by atoms with E-state index in [1.165, 1.54) is 6.33 Å². The minimum atomic E-state index is -0.161. The van der Waals surface area contributed by atoms with E-state index in [1.54, 1.807) is 23.0 Å². The molecule has 2 heterocycles. The summed E-state index contributed by atoms with van der Waals surface area (Å²) in [6.45, 7) is 3.00. The highest BCUT2D eigenvalue weighted by atomic mass is 35.5. The van der Waals surface area contributed by atoms with Gasteiger partial charge in [0.15, 0.2) is 0 Å². The lowest BCUT2D eigenvalue weighted by molar-refractivity contribution is -0.134. The molecule has 126 valence electrons. The zero-order valence-electron chi connectivity index (χ0n) is 13.6. The van der Waals surface area contributed by atoms with Gasteiger partial charge in [-0.25, -0.2) is 9.97 Å². The fourth-order valence-electron chi connectivity index (χ4n) is 2.60. The van der Waals surface area contributed by atoms with Crippen LogP contribution in [0.25, 0.3) is 11.0 Å². The monoisotopic (exact) mass is 346 g/mol. The average Bonchev–Trinajstić information content (AvgIpc) is 3.20. The number of amides is 1. The number of nitrogens with one attached hydrogen (secondary N) is 1. The van der Waals surface area contributed by atoms with Gasteiger partial charge in [0.1, 0.15) is 18.5 Å². The number of benzene rings is 1. The summed E-state index contributed by atoms with van der Waals surface area (Å²) < 4.78 is 1.67. The van der Waals surface area contributed by atoms with Gasteiger partial charge in [0, 0.05) is 25.0 Å². The molecule has 3 rings (SSSR count). The van der Waals surface area contributed by atoms with Gasteiger partial charge in [-0.05, 0) is 18.2 Å². The molecular weight excluding hydrogens is 328 g/mol. The number of hydrogen-bond acceptors (Lipinski definition) is 4. The van der Waals surface area contributed by atoms with Gasteiger partial charge in [-0.1, -0.05) is 18.5 Å². The summed E-state index contributed by atoms with van der Waals surface area (Å²) in [4.78, 5) is 25.8. The second-order valence-corrected chi connectivity index (χ2v) is 6.31. The molecular formula is C16H19ClN6O. The van der Waals surface area contributed by atoms with Crippen molar-refractivity contribution in [2.45, 2.75) is 19.9 Å². The molecule has 0 aliphatic rings. The quantitative estimate of drug-likeness (QED) is 0.741. The molecule has 1 aromatic carbocycles. The smallest absolute Gasteiger partial charge is 0.227 e. The van der Waals surface area contributed by atoms with Crippen LogP contribution < -0.4 is 0 Å². The zero-order chi connectivity index (χ0) is 17.1. The van der Waals surface area contributed by atoms with Gasteiger partial charge in [-0.2, -0.15) is 5.10 Å².